The molecule has 3 rings (SSSR count). The SMILES string of the molecule is CC(C)C(=O)C(C)(C)c1nc2cc(Cl)ccc2n1-c1ccccc1. The van der Waals surface area contributed by atoms with Gasteiger partial charge >= 0.3 is 0 Å². The van der Waals surface area contributed by atoms with E-state index in [1.54, 1.807) is 0 Å². The van der Waals surface area contributed by atoms with Gasteiger partial charge in [-0.25, -0.2) is 4.98 Å². The second-order valence-corrected chi connectivity index (χ2v) is 7.32. The number of hydrogen-bond donors (Lipinski definition) is 0. The summed E-state index contributed by atoms with van der Waals surface area (Å²) < 4.78 is 2.06. The summed E-state index contributed by atoms with van der Waals surface area (Å²) in [5.74, 6) is 0.846. The van der Waals surface area contributed by atoms with E-state index in [2.05, 4.69) is 4.57 Å². The standard InChI is InChI=1S/C20H21ClN2O/c1-13(2)18(24)20(3,4)19-22-16-12-14(21)10-11-17(16)23(19)15-8-6-5-7-9-15/h5-13H,1-4H3. The number of aromatic nitrogens is 2. The van der Waals surface area contributed by atoms with E-state index in [-0.39, 0.29) is 11.7 Å². The van der Waals surface area contributed by atoms with E-state index in [0.29, 0.717) is 5.02 Å². The average Bonchev–Trinajstić information content (AvgIpc) is 2.94. The molecule has 0 unspecified atom stereocenters. The Morgan fingerprint density at radius 2 is 1.79 bits per heavy atom. The van der Waals surface area contributed by atoms with Gasteiger partial charge in [0.2, 0.25) is 0 Å². The van der Waals surface area contributed by atoms with Gasteiger partial charge in [-0.2, -0.15) is 0 Å². The van der Waals surface area contributed by atoms with Gasteiger partial charge in [-0.05, 0) is 44.2 Å². The van der Waals surface area contributed by atoms with Crippen LogP contribution in [0, 0.1) is 5.92 Å². The molecular formula is C20H21ClN2O. The highest BCUT2D eigenvalue weighted by Crippen LogP contribution is 2.33. The van der Waals surface area contributed by atoms with Crippen molar-refractivity contribution in [3.63, 3.8) is 0 Å². The number of para-hydroxylation sites is 1. The van der Waals surface area contributed by atoms with Crippen molar-refractivity contribution in [1.29, 1.82) is 0 Å². The van der Waals surface area contributed by atoms with Crippen LogP contribution in [0.15, 0.2) is 48.5 Å². The van der Waals surface area contributed by atoms with Gasteiger partial charge < -0.3 is 0 Å². The number of Topliss-reactive ketones (excluding diaryl/α,β-unsaturated/α-hetero) is 1. The van der Waals surface area contributed by atoms with Gasteiger partial charge in [-0.3, -0.25) is 9.36 Å². The van der Waals surface area contributed by atoms with Crippen LogP contribution in [0.2, 0.25) is 5.02 Å². The van der Waals surface area contributed by atoms with Crippen molar-refractivity contribution >= 4 is 28.4 Å². The minimum atomic E-state index is -0.699. The van der Waals surface area contributed by atoms with Crippen molar-refractivity contribution in [3.8, 4) is 5.69 Å². The minimum Gasteiger partial charge on any atom is -0.298 e. The lowest BCUT2D eigenvalue weighted by atomic mass is 9.81. The van der Waals surface area contributed by atoms with Gasteiger partial charge in [0.1, 0.15) is 11.6 Å². The number of nitrogens with zero attached hydrogens (tertiary/aromatic N) is 2. The molecule has 1 aromatic heterocycles. The molecule has 3 nitrogen and oxygen atoms in total. The minimum absolute atomic E-state index is 0.0624. The zero-order valence-electron chi connectivity index (χ0n) is 14.4. The zero-order valence-corrected chi connectivity index (χ0v) is 15.1. The monoisotopic (exact) mass is 340 g/mol. The first-order chi connectivity index (χ1) is 11.3. The summed E-state index contributed by atoms with van der Waals surface area (Å²) in [4.78, 5) is 17.6. The third kappa shape index (κ3) is 2.73. The molecule has 124 valence electrons. The first-order valence-electron chi connectivity index (χ1n) is 8.10. The average molecular weight is 341 g/mol. The molecule has 0 N–H and O–H groups in total. The Bertz CT molecular complexity index is 895. The Morgan fingerprint density at radius 1 is 1.12 bits per heavy atom. The number of hydrogen-bond acceptors (Lipinski definition) is 2. The van der Waals surface area contributed by atoms with E-state index < -0.39 is 5.41 Å². The van der Waals surface area contributed by atoms with Crippen molar-refractivity contribution in [2.24, 2.45) is 5.92 Å². The summed E-state index contributed by atoms with van der Waals surface area (Å²) in [6, 6.07) is 15.6. The maximum absolute atomic E-state index is 12.8. The number of benzene rings is 2. The van der Waals surface area contributed by atoms with Crippen LogP contribution in [0.3, 0.4) is 0 Å². The molecule has 0 saturated heterocycles. The fraction of sp³-hybridized carbons (Fsp3) is 0.300. The molecule has 0 aliphatic heterocycles. The highest BCUT2D eigenvalue weighted by molar-refractivity contribution is 6.31. The summed E-state index contributed by atoms with van der Waals surface area (Å²) in [7, 11) is 0. The van der Waals surface area contributed by atoms with Gasteiger partial charge in [-0.1, -0.05) is 43.6 Å². The molecule has 0 aliphatic carbocycles. The van der Waals surface area contributed by atoms with Gasteiger partial charge in [0.05, 0.1) is 16.4 Å². The van der Waals surface area contributed by atoms with Crippen LogP contribution < -0.4 is 0 Å². The van der Waals surface area contributed by atoms with Gasteiger partial charge in [-0.15, -0.1) is 0 Å². The molecule has 4 heteroatoms. The van der Waals surface area contributed by atoms with Crippen LogP contribution in [-0.4, -0.2) is 15.3 Å². The van der Waals surface area contributed by atoms with Crippen LogP contribution >= 0.6 is 11.6 Å². The van der Waals surface area contributed by atoms with E-state index >= 15 is 0 Å². The van der Waals surface area contributed by atoms with Crippen LogP contribution in [-0.2, 0) is 10.2 Å². The number of imidazole rings is 1. The molecular weight excluding hydrogens is 320 g/mol. The van der Waals surface area contributed by atoms with Crippen molar-refractivity contribution in [2.45, 2.75) is 33.1 Å². The van der Waals surface area contributed by atoms with Crippen molar-refractivity contribution in [3.05, 3.63) is 59.4 Å². The van der Waals surface area contributed by atoms with E-state index in [9.17, 15) is 4.79 Å². The number of halogens is 1. The lowest BCUT2D eigenvalue weighted by molar-refractivity contribution is -0.126. The predicted molar refractivity (Wildman–Crippen MR) is 99.0 cm³/mol. The van der Waals surface area contributed by atoms with Gasteiger partial charge in [0.25, 0.3) is 0 Å². The fourth-order valence-corrected chi connectivity index (χ4v) is 3.31. The molecule has 0 spiro atoms. The fourth-order valence-electron chi connectivity index (χ4n) is 3.14. The second kappa shape index (κ2) is 6.06. The van der Waals surface area contributed by atoms with Crippen LogP contribution in [0.1, 0.15) is 33.5 Å². The highest BCUT2D eigenvalue weighted by Gasteiger charge is 2.36. The van der Waals surface area contributed by atoms with Crippen molar-refractivity contribution < 1.29 is 4.79 Å². The third-order valence-corrected chi connectivity index (χ3v) is 4.57. The zero-order chi connectivity index (χ0) is 17.5. The van der Waals surface area contributed by atoms with Crippen LogP contribution in [0.4, 0.5) is 0 Å². The van der Waals surface area contributed by atoms with E-state index in [1.807, 2.05) is 76.2 Å². The van der Waals surface area contributed by atoms with Crippen LogP contribution in [0.25, 0.3) is 16.7 Å². The number of carbonyl (C=O) groups is 1. The molecule has 0 bridgehead atoms. The molecule has 0 aliphatic rings. The molecule has 0 saturated carbocycles. The maximum atomic E-state index is 12.8. The predicted octanol–water partition coefficient (Wildman–Crippen LogP) is 5.18. The molecule has 0 radical (unpaired) electrons. The first-order valence-corrected chi connectivity index (χ1v) is 8.48. The normalized spacial score (nSPS) is 12.1. The number of fused-ring (bicyclic) bond motifs is 1. The molecule has 3 aromatic rings. The first kappa shape index (κ1) is 16.7. The largest absolute Gasteiger partial charge is 0.298 e. The lowest BCUT2D eigenvalue weighted by Gasteiger charge is -2.26. The van der Waals surface area contributed by atoms with Gasteiger partial charge in [0.15, 0.2) is 0 Å². The number of rotatable bonds is 4. The Morgan fingerprint density at radius 3 is 2.42 bits per heavy atom. The topological polar surface area (TPSA) is 34.9 Å². The molecule has 1 heterocycles. The lowest BCUT2D eigenvalue weighted by Crippen LogP contribution is -2.35. The van der Waals surface area contributed by atoms with Crippen LogP contribution in [0.5, 0.6) is 0 Å². The summed E-state index contributed by atoms with van der Waals surface area (Å²) in [6.07, 6.45) is 0. The van der Waals surface area contributed by atoms with Crippen molar-refractivity contribution in [2.75, 3.05) is 0 Å². The molecule has 0 fully saturated rings. The Kier molecular flexibility index (Phi) is 4.22. The number of carbonyl (C=O) groups excluding carboxylic acids is 1. The molecule has 24 heavy (non-hydrogen) atoms. The second-order valence-electron chi connectivity index (χ2n) is 6.88. The van der Waals surface area contributed by atoms with E-state index in [4.69, 9.17) is 16.6 Å². The summed E-state index contributed by atoms with van der Waals surface area (Å²) in [5.41, 5.74) is 2.04. The van der Waals surface area contributed by atoms with E-state index in [1.165, 1.54) is 0 Å². The summed E-state index contributed by atoms with van der Waals surface area (Å²) >= 11 is 6.14. The quantitative estimate of drug-likeness (QED) is 0.655. The Labute approximate surface area is 147 Å². The smallest absolute Gasteiger partial charge is 0.148 e. The van der Waals surface area contributed by atoms with Gasteiger partial charge in [0, 0.05) is 16.6 Å². The Hall–Kier alpha value is -2.13. The van der Waals surface area contributed by atoms with E-state index in [0.717, 1.165) is 22.5 Å². The Balaban J connectivity index is 2.33. The number of ketones is 1. The molecule has 0 amide bonds. The summed E-state index contributed by atoms with van der Waals surface area (Å²) in [6.45, 7) is 7.74. The summed E-state index contributed by atoms with van der Waals surface area (Å²) in [5, 5.41) is 0.639. The molecule has 0 atom stereocenters. The molecule has 2 aromatic carbocycles. The highest BCUT2D eigenvalue weighted by atomic mass is 35.5. The van der Waals surface area contributed by atoms with Crippen molar-refractivity contribution in [1.82, 2.24) is 9.55 Å². The maximum Gasteiger partial charge on any atom is 0.148 e. The third-order valence-electron chi connectivity index (χ3n) is 4.33.